The number of nitrogens with zero attached hydrogens (tertiary/aromatic N) is 4. The van der Waals surface area contributed by atoms with Crippen LogP contribution >= 0.6 is 0 Å². The highest BCUT2D eigenvalue weighted by Crippen LogP contribution is 2.28. The summed E-state index contributed by atoms with van der Waals surface area (Å²) >= 11 is 0. The summed E-state index contributed by atoms with van der Waals surface area (Å²) in [6.07, 6.45) is 6.19. The molecule has 0 spiro atoms. The van der Waals surface area contributed by atoms with Crippen molar-refractivity contribution >= 4 is 11.6 Å². The van der Waals surface area contributed by atoms with Crippen LogP contribution in [0.4, 0.5) is 10.1 Å². The molecule has 0 fully saturated rings. The molecule has 0 radical (unpaired) electrons. The standard InChI is InChI=1S/C22H18FN5O/c23-15-8-10-17(11-9-15)28-20-7-2-6-19(20)21(26-28)22(29)25-16-4-1-5-18(14-16)27-13-3-12-24-27/h1,3-5,8-14H,2,6-7H2,(H,25,29). The molecule has 1 amide bonds. The van der Waals surface area contributed by atoms with Crippen LogP contribution in [0.2, 0.25) is 0 Å². The molecule has 1 aliphatic carbocycles. The van der Waals surface area contributed by atoms with E-state index < -0.39 is 0 Å². The fraction of sp³-hybridized carbons (Fsp3) is 0.136. The number of rotatable bonds is 4. The molecule has 0 unspecified atom stereocenters. The van der Waals surface area contributed by atoms with E-state index in [1.54, 1.807) is 27.7 Å². The molecule has 4 aromatic rings. The maximum absolute atomic E-state index is 13.3. The summed E-state index contributed by atoms with van der Waals surface area (Å²) in [4.78, 5) is 13.0. The molecular formula is C22H18FN5O. The van der Waals surface area contributed by atoms with E-state index in [9.17, 15) is 9.18 Å². The Bertz CT molecular complexity index is 1180. The second-order valence-corrected chi connectivity index (χ2v) is 6.97. The molecule has 0 aliphatic heterocycles. The zero-order chi connectivity index (χ0) is 19.8. The Labute approximate surface area is 166 Å². The summed E-state index contributed by atoms with van der Waals surface area (Å²) < 4.78 is 16.8. The molecule has 2 aromatic carbocycles. The second-order valence-electron chi connectivity index (χ2n) is 6.97. The normalized spacial score (nSPS) is 12.7. The van der Waals surface area contributed by atoms with Gasteiger partial charge in [-0.2, -0.15) is 10.2 Å². The summed E-state index contributed by atoms with van der Waals surface area (Å²) in [7, 11) is 0. The molecule has 144 valence electrons. The Balaban J connectivity index is 1.46. The largest absolute Gasteiger partial charge is 0.321 e. The molecule has 0 bridgehead atoms. The predicted molar refractivity (Wildman–Crippen MR) is 107 cm³/mol. The van der Waals surface area contributed by atoms with Crippen molar-refractivity contribution in [3.05, 3.63) is 89.8 Å². The van der Waals surface area contributed by atoms with Gasteiger partial charge >= 0.3 is 0 Å². The molecule has 6 nitrogen and oxygen atoms in total. The summed E-state index contributed by atoms with van der Waals surface area (Å²) in [6.45, 7) is 0. The number of amides is 1. The molecule has 7 heteroatoms. The molecule has 1 aliphatic rings. The predicted octanol–water partition coefficient (Wildman–Crippen LogP) is 3.94. The number of aromatic nitrogens is 4. The van der Waals surface area contributed by atoms with Crippen LogP contribution < -0.4 is 5.32 Å². The van der Waals surface area contributed by atoms with Gasteiger partial charge in [-0.3, -0.25) is 4.79 Å². The molecule has 1 N–H and O–H groups in total. The summed E-state index contributed by atoms with van der Waals surface area (Å²) in [5.74, 6) is -0.547. The molecule has 0 saturated carbocycles. The third-order valence-electron chi connectivity index (χ3n) is 5.09. The lowest BCUT2D eigenvalue weighted by molar-refractivity contribution is 0.102. The Morgan fingerprint density at radius 2 is 1.90 bits per heavy atom. The first-order valence-corrected chi connectivity index (χ1v) is 9.47. The van der Waals surface area contributed by atoms with E-state index in [-0.39, 0.29) is 11.7 Å². The van der Waals surface area contributed by atoms with Gasteiger partial charge in [-0.25, -0.2) is 13.8 Å². The SMILES string of the molecule is O=C(Nc1cccc(-n2cccn2)c1)c1nn(-c2ccc(F)cc2)c2c1CCC2. The number of fused-ring (bicyclic) bond motifs is 1. The van der Waals surface area contributed by atoms with Crippen LogP contribution in [0.15, 0.2) is 67.0 Å². The molecule has 2 aromatic heterocycles. The molecule has 0 saturated heterocycles. The van der Waals surface area contributed by atoms with E-state index in [1.807, 2.05) is 36.5 Å². The quantitative estimate of drug-likeness (QED) is 0.577. The molecule has 5 rings (SSSR count). The van der Waals surface area contributed by atoms with Gasteiger partial charge in [0.15, 0.2) is 5.69 Å². The minimum atomic E-state index is -0.299. The highest BCUT2D eigenvalue weighted by Gasteiger charge is 2.27. The Kier molecular flexibility index (Phi) is 4.20. The van der Waals surface area contributed by atoms with Gasteiger partial charge < -0.3 is 5.32 Å². The Morgan fingerprint density at radius 1 is 1.03 bits per heavy atom. The molecule has 2 heterocycles. The summed E-state index contributed by atoms with van der Waals surface area (Å²) in [5, 5.41) is 11.7. The maximum Gasteiger partial charge on any atom is 0.276 e. The number of carbonyl (C=O) groups excluding carboxylic acids is 1. The lowest BCUT2D eigenvalue weighted by atomic mass is 10.2. The van der Waals surface area contributed by atoms with E-state index in [2.05, 4.69) is 15.5 Å². The second kappa shape index (κ2) is 7.01. The third-order valence-corrected chi connectivity index (χ3v) is 5.09. The first-order chi connectivity index (χ1) is 14.2. The first-order valence-electron chi connectivity index (χ1n) is 9.47. The fourth-order valence-electron chi connectivity index (χ4n) is 3.75. The van der Waals surface area contributed by atoms with Crippen molar-refractivity contribution in [2.24, 2.45) is 0 Å². The Morgan fingerprint density at radius 3 is 2.69 bits per heavy atom. The van der Waals surface area contributed by atoms with Gasteiger partial charge in [0, 0.05) is 29.3 Å². The van der Waals surface area contributed by atoms with Gasteiger partial charge in [0.1, 0.15) is 5.82 Å². The van der Waals surface area contributed by atoms with Crippen LogP contribution in [0.1, 0.15) is 28.2 Å². The number of nitrogens with one attached hydrogen (secondary N) is 1. The number of hydrogen-bond acceptors (Lipinski definition) is 3. The average Bonchev–Trinajstić information content (AvgIpc) is 3.47. The van der Waals surface area contributed by atoms with Crippen LogP contribution in [-0.4, -0.2) is 25.5 Å². The lowest BCUT2D eigenvalue weighted by Gasteiger charge is -2.07. The zero-order valence-electron chi connectivity index (χ0n) is 15.5. The molecule has 29 heavy (non-hydrogen) atoms. The van der Waals surface area contributed by atoms with Crippen molar-refractivity contribution in [3.63, 3.8) is 0 Å². The summed E-state index contributed by atoms with van der Waals surface area (Å²) in [5.41, 5.74) is 4.69. The first kappa shape index (κ1) is 17.4. The van der Waals surface area contributed by atoms with Crippen LogP contribution in [0.25, 0.3) is 11.4 Å². The van der Waals surface area contributed by atoms with Crippen molar-refractivity contribution in [2.45, 2.75) is 19.3 Å². The summed E-state index contributed by atoms with van der Waals surface area (Å²) in [6, 6.07) is 15.5. The van der Waals surface area contributed by atoms with Crippen LogP contribution in [0.5, 0.6) is 0 Å². The third kappa shape index (κ3) is 3.20. The van der Waals surface area contributed by atoms with Gasteiger partial charge in [0.2, 0.25) is 0 Å². The minimum absolute atomic E-state index is 0.248. The number of hydrogen-bond donors (Lipinski definition) is 1. The highest BCUT2D eigenvalue weighted by molar-refractivity contribution is 6.04. The van der Waals surface area contributed by atoms with E-state index in [4.69, 9.17) is 0 Å². The zero-order valence-corrected chi connectivity index (χ0v) is 15.5. The average molecular weight is 387 g/mol. The van der Waals surface area contributed by atoms with Gasteiger partial charge in [0.05, 0.1) is 11.4 Å². The van der Waals surface area contributed by atoms with Crippen LogP contribution in [0.3, 0.4) is 0 Å². The number of benzene rings is 2. The monoisotopic (exact) mass is 387 g/mol. The van der Waals surface area contributed by atoms with Crippen LogP contribution in [-0.2, 0) is 12.8 Å². The number of carbonyl (C=O) groups is 1. The highest BCUT2D eigenvalue weighted by atomic mass is 19.1. The van der Waals surface area contributed by atoms with Gasteiger partial charge in [-0.1, -0.05) is 6.07 Å². The lowest BCUT2D eigenvalue weighted by Crippen LogP contribution is -2.15. The van der Waals surface area contributed by atoms with E-state index in [1.165, 1.54) is 12.1 Å². The number of anilines is 1. The molecule has 0 atom stereocenters. The minimum Gasteiger partial charge on any atom is -0.321 e. The van der Waals surface area contributed by atoms with Crippen LogP contribution in [0, 0.1) is 5.82 Å². The van der Waals surface area contributed by atoms with Crippen molar-refractivity contribution in [1.29, 1.82) is 0 Å². The van der Waals surface area contributed by atoms with Crippen molar-refractivity contribution in [3.8, 4) is 11.4 Å². The topological polar surface area (TPSA) is 64.7 Å². The van der Waals surface area contributed by atoms with Crippen molar-refractivity contribution in [1.82, 2.24) is 19.6 Å². The fourth-order valence-corrected chi connectivity index (χ4v) is 3.75. The molecular weight excluding hydrogens is 369 g/mol. The van der Waals surface area contributed by atoms with Crippen molar-refractivity contribution in [2.75, 3.05) is 5.32 Å². The van der Waals surface area contributed by atoms with E-state index >= 15 is 0 Å². The van der Waals surface area contributed by atoms with Gasteiger partial charge in [-0.05, 0) is 67.8 Å². The van der Waals surface area contributed by atoms with Crippen molar-refractivity contribution < 1.29 is 9.18 Å². The maximum atomic E-state index is 13.3. The van der Waals surface area contributed by atoms with Gasteiger partial charge in [-0.15, -0.1) is 0 Å². The van der Waals surface area contributed by atoms with E-state index in [0.717, 1.165) is 41.9 Å². The van der Waals surface area contributed by atoms with Gasteiger partial charge in [0.25, 0.3) is 5.91 Å². The number of halogens is 1. The van der Waals surface area contributed by atoms with E-state index in [0.29, 0.717) is 11.4 Å². The smallest absolute Gasteiger partial charge is 0.276 e. The Hall–Kier alpha value is -3.74.